The van der Waals surface area contributed by atoms with Crippen molar-refractivity contribution < 1.29 is 4.39 Å². The van der Waals surface area contributed by atoms with Crippen molar-refractivity contribution in [3.8, 4) is 0 Å². The number of benzene rings is 1. The van der Waals surface area contributed by atoms with E-state index in [2.05, 4.69) is 36.7 Å². The zero-order valence-electron chi connectivity index (χ0n) is 14.2. The van der Waals surface area contributed by atoms with Gasteiger partial charge >= 0.3 is 0 Å². The van der Waals surface area contributed by atoms with Gasteiger partial charge in [0.25, 0.3) is 0 Å². The van der Waals surface area contributed by atoms with E-state index in [0.717, 1.165) is 22.5 Å². The minimum atomic E-state index is -0.270. The molecule has 1 aromatic carbocycles. The van der Waals surface area contributed by atoms with Crippen LogP contribution in [0.3, 0.4) is 0 Å². The largest absolute Gasteiger partial charge is 0.352 e. The minimum absolute atomic E-state index is 0. The van der Waals surface area contributed by atoms with Gasteiger partial charge in [-0.15, -0.1) is 24.0 Å². The zero-order valence-corrected chi connectivity index (χ0v) is 18.1. The quantitative estimate of drug-likeness (QED) is 0.377. The summed E-state index contributed by atoms with van der Waals surface area (Å²) >= 11 is 3.15. The van der Waals surface area contributed by atoms with Crippen LogP contribution in [0.4, 0.5) is 4.39 Å². The number of hydrogen-bond acceptors (Lipinski definition) is 2. The Balaban J connectivity index is 0.00000288. The minimum Gasteiger partial charge on any atom is -0.352 e. The van der Waals surface area contributed by atoms with Crippen LogP contribution < -0.4 is 10.6 Å². The molecule has 2 rings (SSSR count). The molecule has 1 aromatic heterocycles. The molecule has 0 saturated heterocycles. The highest BCUT2D eigenvalue weighted by Crippen LogP contribution is 2.16. The van der Waals surface area contributed by atoms with E-state index in [9.17, 15) is 4.39 Å². The first-order valence-corrected chi connectivity index (χ1v) is 8.09. The van der Waals surface area contributed by atoms with Gasteiger partial charge in [-0.2, -0.15) is 5.10 Å². The molecule has 1 heterocycles. The Morgan fingerprint density at radius 2 is 1.96 bits per heavy atom. The Morgan fingerprint density at radius 3 is 2.50 bits per heavy atom. The highest BCUT2D eigenvalue weighted by Gasteiger charge is 2.09. The SMILES string of the molecule is CN=C(NCc1ccc(Br)c(F)c1)NCc1c(C)nn(C)c1C.I. The lowest BCUT2D eigenvalue weighted by Gasteiger charge is -2.12. The fraction of sp³-hybridized carbons (Fsp3) is 0.375. The molecule has 0 spiro atoms. The number of rotatable bonds is 4. The average Bonchev–Trinajstić information content (AvgIpc) is 2.76. The molecule has 0 aliphatic rings. The van der Waals surface area contributed by atoms with Gasteiger partial charge in [-0.1, -0.05) is 6.07 Å². The maximum atomic E-state index is 13.5. The molecule has 0 aliphatic carbocycles. The summed E-state index contributed by atoms with van der Waals surface area (Å²) < 4.78 is 15.8. The van der Waals surface area contributed by atoms with Gasteiger partial charge in [-0.05, 0) is 47.5 Å². The smallest absolute Gasteiger partial charge is 0.191 e. The molecule has 0 unspecified atom stereocenters. The molecule has 2 N–H and O–H groups in total. The van der Waals surface area contributed by atoms with E-state index >= 15 is 0 Å². The fourth-order valence-corrected chi connectivity index (χ4v) is 2.55. The number of hydrogen-bond donors (Lipinski definition) is 2. The number of aromatic nitrogens is 2. The van der Waals surface area contributed by atoms with Crippen molar-refractivity contribution in [1.82, 2.24) is 20.4 Å². The Labute approximate surface area is 167 Å². The second-order valence-corrected chi connectivity index (χ2v) is 6.16. The molecule has 0 radical (unpaired) electrons. The van der Waals surface area contributed by atoms with Crippen LogP contribution in [-0.4, -0.2) is 22.8 Å². The monoisotopic (exact) mass is 509 g/mol. The number of aryl methyl sites for hydroxylation is 2. The molecule has 0 bridgehead atoms. The van der Waals surface area contributed by atoms with Crippen LogP contribution >= 0.6 is 39.9 Å². The van der Waals surface area contributed by atoms with E-state index in [1.54, 1.807) is 13.1 Å². The number of nitrogens with one attached hydrogen (secondary N) is 2. The van der Waals surface area contributed by atoms with Gasteiger partial charge in [0.05, 0.1) is 10.2 Å². The summed E-state index contributed by atoms with van der Waals surface area (Å²) in [4.78, 5) is 4.19. The third-order valence-electron chi connectivity index (χ3n) is 3.76. The van der Waals surface area contributed by atoms with Gasteiger partial charge < -0.3 is 10.6 Å². The lowest BCUT2D eigenvalue weighted by Crippen LogP contribution is -2.36. The highest BCUT2D eigenvalue weighted by molar-refractivity contribution is 14.0. The molecule has 0 atom stereocenters. The summed E-state index contributed by atoms with van der Waals surface area (Å²) in [6.45, 7) is 5.16. The maximum absolute atomic E-state index is 13.5. The van der Waals surface area contributed by atoms with E-state index < -0.39 is 0 Å². The van der Waals surface area contributed by atoms with Crippen molar-refractivity contribution in [2.24, 2.45) is 12.0 Å². The number of aliphatic imine (C=N–C) groups is 1. The van der Waals surface area contributed by atoms with E-state index in [1.165, 1.54) is 6.07 Å². The molecule has 8 heteroatoms. The van der Waals surface area contributed by atoms with Crippen LogP contribution in [0.25, 0.3) is 0 Å². The van der Waals surface area contributed by atoms with E-state index in [1.807, 2.05) is 31.6 Å². The first kappa shape index (κ1) is 20.9. The van der Waals surface area contributed by atoms with Gasteiger partial charge in [0.2, 0.25) is 0 Å². The summed E-state index contributed by atoms with van der Waals surface area (Å²) in [5.74, 6) is 0.393. The van der Waals surface area contributed by atoms with Crippen molar-refractivity contribution in [1.29, 1.82) is 0 Å². The summed E-state index contributed by atoms with van der Waals surface area (Å²) in [7, 11) is 3.64. The number of guanidine groups is 1. The third kappa shape index (κ3) is 5.17. The molecule has 5 nitrogen and oxygen atoms in total. The molecule has 0 amide bonds. The second-order valence-electron chi connectivity index (χ2n) is 5.30. The third-order valence-corrected chi connectivity index (χ3v) is 4.40. The van der Waals surface area contributed by atoms with Gasteiger partial charge in [0.1, 0.15) is 5.82 Å². The number of halogens is 3. The molecular formula is C16H22BrFIN5. The summed E-state index contributed by atoms with van der Waals surface area (Å²) in [5.41, 5.74) is 4.14. The van der Waals surface area contributed by atoms with Crippen LogP contribution in [0.2, 0.25) is 0 Å². The topological polar surface area (TPSA) is 54.2 Å². The van der Waals surface area contributed by atoms with Gasteiger partial charge in [-0.25, -0.2) is 4.39 Å². The van der Waals surface area contributed by atoms with Crippen LogP contribution in [0.1, 0.15) is 22.5 Å². The lowest BCUT2D eigenvalue weighted by molar-refractivity contribution is 0.617. The van der Waals surface area contributed by atoms with Crippen molar-refractivity contribution in [2.45, 2.75) is 26.9 Å². The lowest BCUT2D eigenvalue weighted by atomic mass is 10.2. The Kier molecular flexibility index (Phi) is 8.14. The molecule has 2 aromatic rings. The zero-order chi connectivity index (χ0) is 17.0. The normalized spacial score (nSPS) is 11.2. The van der Waals surface area contributed by atoms with Crippen molar-refractivity contribution >= 4 is 45.9 Å². The van der Waals surface area contributed by atoms with Gasteiger partial charge in [0, 0.05) is 38.4 Å². The van der Waals surface area contributed by atoms with Crippen molar-refractivity contribution in [2.75, 3.05) is 7.05 Å². The van der Waals surface area contributed by atoms with Crippen LogP contribution in [0.5, 0.6) is 0 Å². The van der Waals surface area contributed by atoms with E-state index in [-0.39, 0.29) is 29.8 Å². The Hall–Kier alpha value is -1.16. The first-order chi connectivity index (χ1) is 10.9. The Morgan fingerprint density at radius 1 is 1.29 bits per heavy atom. The molecule has 132 valence electrons. The van der Waals surface area contributed by atoms with Crippen molar-refractivity contribution in [3.05, 3.63) is 51.0 Å². The predicted molar refractivity (Wildman–Crippen MR) is 109 cm³/mol. The summed E-state index contributed by atoms with van der Waals surface area (Å²) in [6.07, 6.45) is 0. The molecule has 0 fully saturated rings. The fourth-order valence-electron chi connectivity index (χ4n) is 2.30. The highest BCUT2D eigenvalue weighted by atomic mass is 127. The molecule has 0 saturated carbocycles. The summed E-state index contributed by atoms with van der Waals surface area (Å²) in [6, 6.07) is 5.06. The second kappa shape index (κ2) is 9.36. The average molecular weight is 510 g/mol. The Bertz CT molecular complexity index is 729. The van der Waals surface area contributed by atoms with Crippen LogP contribution in [-0.2, 0) is 20.1 Å². The first-order valence-electron chi connectivity index (χ1n) is 7.30. The van der Waals surface area contributed by atoms with Crippen LogP contribution in [0, 0.1) is 19.7 Å². The standard InChI is InChI=1S/C16H21BrFN5.HI/c1-10-13(11(2)23(4)22-10)9-21-16(19-3)20-8-12-5-6-14(17)15(18)7-12;/h5-7H,8-9H2,1-4H3,(H2,19,20,21);1H. The van der Waals surface area contributed by atoms with Gasteiger partial charge in [0.15, 0.2) is 5.96 Å². The van der Waals surface area contributed by atoms with E-state index in [4.69, 9.17) is 0 Å². The predicted octanol–water partition coefficient (Wildman–Crippen LogP) is 3.42. The van der Waals surface area contributed by atoms with E-state index in [0.29, 0.717) is 23.5 Å². The van der Waals surface area contributed by atoms with Gasteiger partial charge in [-0.3, -0.25) is 9.67 Å². The molecule has 0 aliphatic heterocycles. The number of nitrogens with zero attached hydrogens (tertiary/aromatic N) is 3. The van der Waals surface area contributed by atoms with Crippen molar-refractivity contribution in [3.63, 3.8) is 0 Å². The molecule has 24 heavy (non-hydrogen) atoms. The van der Waals surface area contributed by atoms with Crippen LogP contribution in [0.15, 0.2) is 27.7 Å². The summed E-state index contributed by atoms with van der Waals surface area (Å²) in [5, 5.41) is 10.8. The maximum Gasteiger partial charge on any atom is 0.191 e. The molecular weight excluding hydrogens is 488 g/mol.